The van der Waals surface area contributed by atoms with Crippen LogP contribution in [-0.4, -0.2) is 17.7 Å². The molecule has 1 aromatic carbocycles. The molecule has 2 atom stereocenters. The Kier molecular flexibility index (Phi) is 3.95. The molecule has 17 heavy (non-hydrogen) atoms. The third kappa shape index (κ3) is 2.92. The average molecular weight is 275 g/mol. The maximum atomic E-state index is 10.5. The summed E-state index contributed by atoms with van der Waals surface area (Å²) in [6.07, 6.45) is 3.02. The first kappa shape index (κ1) is 13.1. The molecule has 1 heterocycles. The predicted molar refractivity (Wildman–Crippen MR) is 70.2 cm³/mol. The SMILES string of the molecule is N[C@@](O)(c1cc(Cl)cc(Cl)c1)C1CCCCN1. The van der Waals surface area contributed by atoms with E-state index in [4.69, 9.17) is 28.9 Å². The lowest BCUT2D eigenvalue weighted by atomic mass is 9.90. The van der Waals surface area contributed by atoms with Crippen molar-refractivity contribution in [2.45, 2.75) is 31.0 Å². The van der Waals surface area contributed by atoms with Crippen molar-refractivity contribution in [3.05, 3.63) is 33.8 Å². The van der Waals surface area contributed by atoms with Gasteiger partial charge in [0.2, 0.25) is 0 Å². The van der Waals surface area contributed by atoms with E-state index in [9.17, 15) is 5.11 Å². The standard InChI is InChI=1S/C12H16Cl2N2O/c13-9-5-8(6-10(14)7-9)12(15,17)11-3-1-2-4-16-11/h5-7,11,16-17H,1-4,15H2/t11?,12-/m1/s1. The van der Waals surface area contributed by atoms with Crippen LogP contribution in [0.15, 0.2) is 18.2 Å². The lowest BCUT2D eigenvalue weighted by Gasteiger charge is -2.36. The van der Waals surface area contributed by atoms with Gasteiger partial charge in [-0.1, -0.05) is 29.6 Å². The van der Waals surface area contributed by atoms with Crippen LogP contribution in [-0.2, 0) is 5.72 Å². The van der Waals surface area contributed by atoms with Crippen LogP contribution in [0.1, 0.15) is 24.8 Å². The molecule has 5 heteroatoms. The zero-order valence-electron chi connectivity index (χ0n) is 9.42. The summed E-state index contributed by atoms with van der Waals surface area (Å²) in [6, 6.07) is 4.77. The molecule has 4 N–H and O–H groups in total. The van der Waals surface area contributed by atoms with Crippen molar-refractivity contribution in [2.24, 2.45) is 5.73 Å². The fourth-order valence-corrected chi connectivity index (χ4v) is 2.74. The molecule has 1 unspecified atom stereocenters. The molecule has 0 spiro atoms. The molecule has 1 aliphatic rings. The number of benzene rings is 1. The van der Waals surface area contributed by atoms with Crippen LogP contribution >= 0.6 is 23.2 Å². The normalized spacial score (nSPS) is 24.4. The Bertz CT molecular complexity index is 383. The van der Waals surface area contributed by atoms with E-state index in [1.807, 2.05) is 0 Å². The summed E-state index contributed by atoms with van der Waals surface area (Å²) in [5.74, 6) is 0. The molecule has 1 saturated heterocycles. The van der Waals surface area contributed by atoms with Crippen molar-refractivity contribution in [3.8, 4) is 0 Å². The first-order valence-electron chi connectivity index (χ1n) is 5.71. The van der Waals surface area contributed by atoms with Crippen LogP contribution in [0.2, 0.25) is 10.0 Å². The Morgan fingerprint density at radius 1 is 1.24 bits per heavy atom. The highest BCUT2D eigenvalue weighted by Crippen LogP contribution is 2.29. The molecule has 3 nitrogen and oxygen atoms in total. The molecule has 2 rings (SSSR count). The topological polar surface area (TPSA) is 58.3 Å². The van der Waals surface area contributed by atoms with E-state index in [1.54, 1.807) is 18.2 Å². The molecule has 0 amide bonds. The van der Waals surface area contributed by atoms with Crippen LogP contribution in [0.3, 0.4) is 0 Å². The number of nitrogens with one attached hydrogen (secondary N) is 1. The Balaban J connectivity index is 2.29. The molecule has 0 aromatic heterocycles. The van der Waals surface area contributed by atoms with Gasteiger partial charge < -0.3 is 10.4 Å². The summed E-state index contributed by atoms with van der Waals surface area (Å²) < 4.78 is 0. The van der Waals surface area contributed by atoms with Gasteiger partial charge >= 0.3 is 0 Å². The van der Waals surface area contributed by atoms with Crippen molar-refractivity contribution in [1.29, 1.82) is 0 Å². The molecule has 1 aromatic rings. The molecular formula is C12H16Cl2N2O. The Labute approximate surface area is 111 Å². The fraction of sp³-hybridized carbons (Fsp3) is 0.500. The van der Waals surface area contributed by atoms with Crippen LogP contribution in [0, 0.1) is 0 Å². The number of hydrogen-bond donors (Lipinski definition) is 3. The van der Waals surface area contributed by atoms with Crippen molar-refractivity contribution in [3.63, 3.8) is 0 Å². The van der Waals surface area contributed by atoms with E-state index >= 15 is 0 Å². The number of halogens is 2. The van der Waals surface area contributed by atoms with Gasteiger partial charge in [0.25, 0.3) is 0 Å². The Hall–Kier alpha value is -0.320. The second kappa shape index (κ2) is 5.12. The maximum Gasteiger partial charge on any atom is 0.155 e. The zero-order chi connectivity index (χ0) is 12.5. The van der Waals surface area contributed by atoms with Crippen LogP contribution in [0.5, 0.6) is 0 Å². The van der Waals surface area contributed by atoms with Gasteiger partial charge in [0.1, 0.15) is 0 Å². The second-order valence-corrected chi connectivity index (χ2v) is 5.36. The molecular weight excluding hydrogens is 259 g/mol. The quantitative estimate of drug-likeness (QED) is 0.725. The van der Waals surface area contributed by atoms with E-state index < -0.39 is 5.72 Å². The van der Waals surface area contributed by atoms with Gasteiger partial charge in [0.15, 0.2) is 5.72 Å². The van der Waals surface area contributed by atoms with Crippen LogP contribution < -0.4 is 11.1 Å². The lowest BCUT2D eigenvalue weighted by molar-refractivity contribution is -0.00646. The van der Waals surface area contributed by atoms with Gasteiger partial charge in [-0.3, -0.25) is 5.73 Å². The van der Waals surface area contributed by atoms with Gasteiger partial charge in [-0.05, 0) is 37.6 Å². The van der Waals surface area contributed by atoms with Crippen LogP contribution in [0.4, 0.5) is 0 Å². The van der Waals surface area contributed by atoms with Crippen molar-refractivity contribution in [1.82, 2.24) is 5.32 Å². The van der Waals surface area contributed by atoms with Gasteiger partial charge in [-0.25, -0.2) is 0 Å². The third-order valence-electron chi connectivity index (χ3n) is 3.17. The van der Waals surface area contributed by atoms with Gasteiger partial charge in [0, 0.05) is 15.6 Å². The minimum Gasteiger partial charge on any atom is -0.370 e. The molecule has 0 aliphatic carbocycles. The summed E-state index contributed by atoms with van der Waals surface area (Å²) in [5, 5.41) is 14.7. The highest BCUT2D eigenvalue weighted by atomic mass is 35.5. The molecule has 1 aliphatic heterocycles. The van der Waals surface area contributed by atoms with Crippen molar-refractivity contribution >= 4 is 23.2 Å². The van der Waals surface area contributed by atoms with Crippen molar-refractivity contribution in [2.75, 3.05) is 6.54 Å². The van der Waals surface area contributed by atoms with Gasteiger partial charge in [-0.2, -0.15) is 0 Å². The lowest BCUT2D eigenvalue weighted by Crippen LogP contribution is -2.56. The van der Waals surface area contributed by atoms with E-state index in [1.165, 1.54) is 0 Å². The van der Waals surface area contributed by atoms with Crippen LogP contribution in [0.25, 0.3) is 0 Å². The fourth-order valence-electron chi connectivity index (χ4n) is 2.21. The Morgan fingerprint density at radius 3 is 2.41 bits per heavy atom. The summed E-state index contributed by atoms with van der Waals surface area (Å²) in [4.78, 5) is 0. The number of rotatable bonds is 2. The molecule has 0 bridgehead atoms. The largest absolute Gasteiger partial charge is 0.370 e. The smallest absolute Gasteiger partial charge is 0.155 e. The highest BCUT2D eigenvalue weighted by Gasteiger charge is 2.35. The highest BCUT2D eigenvalue weighted by molar-refractivity contribution is 6.34. The monoisotopic (exact) mass is 274 g/mol. The van der Waals surface area contributed by atoms with Crippen molar-refractivity contribution < 1.29 is 5.11 Å². The van der Waals surface area contributed by atoms with Gasteiger partial charge in [-0.15, -0.1) is 0 Å². The Morgan fingerprint density at radius 2 is 1.88 bits per heavy atom. The average Bonchev–Trinajstić information content (AvgIpc) is 2.29. The predicted octanol–water partition coefficient (Wildman–Crippen LogP) is 2.24. The number of aliphatic hydroxyl groups is 1. The third-order valence-corrected chi connectivity index (χ3v) is 3.60. The summed E-state index contributed by atoms with van der Waals surface area (Å²) in [6.45, 7) is 0.873. The zero-order valence-corrected chi connectivity index (χ0v) is 10.9. The van der Waals surface area contributed by atoms with E-state index in [2.05, 4.69) is 5.32 Å². The summed E-state index contributed by atoms with van der Waals surface area (Å²) in [5.41, 5.74) is 5.14. The first-order valence-corrected chi connectivity index (χ1v) is 6.47. The molecule has 0 radical (unpaired) electrons. The maximum absolute atomic E-state index is 10.5. The molecule has 94 valence electrons. The van der Waals surface area contributed by atoms with Gasteiger partial charge in [0.05, 0.1) is 6.04 Å². The molecule has 0 saturated carbocycles. The number of hydrogen-bond acceptors (Lipinski definition) is 3. The van der Waals surface area contributed by atoms with E-state index in [0.717, 1.165) is 25.8 Å². The number of piperidine rings is 1. The number of nitrogens with two attached hydrogens (primary N) is 1. The molecule has 1 fully saturated rings. The minimum atomic E-state index is -1.44. The van der Waals surface area contributed by atoms with E-state index in [-0.39, 0.29) is 6.04 Å². The minimum absolute atomic E-state index is 0.161. The summed E-state index contributed by atoms with van der Waals surface area (Å²) >= 11 is 11.8. The second-order valence-electron chi connectivity index (χ2n) is 4.49. The first-order chi connectivity index (χ1) is 8.00. The summed E-state index contributed by atoms with van der Waals surface area (Å²) in [7, 11) is 0. The van der Waals surface area contributed by atoms with E-state index in [0.29, 0.717) is 15.6 Å².